The third kappa shape index (κ3) is 2.05. The number of benzene rings is 2. The highest BCUT2D eigenvalue weighted by atomic mass is 19.2. The van der Waals surface area contributed by atoms with Crippen LogP contribution in [0.4, 0.5) is 13.2 Å². The fourth-order valence-corrected chi connectivity index (χ4v) is 2.45. The van der Waals surface area contributed by atoms with Gasteiger partial charge in [0.2, 0.25) is 0 Å². The number of carbonyl (C=O) groups excluding carboxylic acids is 1. The fraction of sp³-hybridized carbons (Fsp3) is 0.133. The number of phenolic OH excluding ortho intramolecular Hbond substituents is 2. The molecule has 4 nitrogen and oxygen atoms in total. The molecule has 1 aliphatic heterocycles. The largest absolute Gasteiger partial charge is 0.504 e. The van der Waals surface area contributed by atoms with Crippen molar-refractivity contribution in [3.63, 3.8) is 0 Å². The van der Waals surface area contributed by atoms with Gasteiger partial charge in [0.25, 0.3) is 5.91 Å². The number of carbonyl (C=O) groups is 1. The van der Waals surface area contributed by atoms with Crippen molar-refractivity contribution in [2.45, 2.75) is 13.1 Å². The molecule has 0 aliphatic carbocycles. The molecule has 0 saturated carbocycles. The first-order valence-electron chi connectivity index (χ1n) is 6.35. The van der Waals surface area contributed by atoms with Crippen LogP contribution < -0.4 is 0 Å². The minimum absolute atomic E-state index is 0.0667. The summed E-state index contributed by atoms with van der Waals surface area (Å²) in [4.78, 5) is 13.4. The lowest BCUT2D eigenvalue weighted by atomic mass is 10.1. The quantitative estimate of drug-likeness (QED) is 0.662. The van der Waals surface area contributed by atoms with E-state index < -0.39 is 34.9 Å². The van der Waals surface area contributed by atoms with Crippen LogP contribution in [0.5, 0.6) is 11.5 Å². The fourth-order valence-electron chi connectivity index (χ4n) is 2.45. The van der Waals surface area contributed by atoms with E-state index in [0.717, 1.165) is 12.1 Å². The molecule has 114 valence electrons. The number of hydrogen-bond acceptors (Lipinski definition) is 3. The Morgan fingerprint density at radius 1 is 1.05 bits per heavy atom. The molecule has 0 saturated heterocycles. The minimum Gasteiger partial charge on any atom is -0.504 e. The molecule has 22 heavy (non-hydrogen) atoms. The van der Waals surface area contributed by atoms with Gasteiger partial charge in [0.05, 0.1) is 5.56 Å². The second-order valence-electron chi connectivity index (χ2n) is 4.96. The number of nitrogens with zero attached hydrogens (tertiary/aromatic N) is 1. The third-order valence-electron chi connectivity index (χ3n) is 3.58. The van der Waals surface area contributed by atoms with Crippen LogP contribution in [-0.2, 0) is 13.1 Å². The Morgan fingerprint density at radius 3 is 2.50 bits per heavy atom. The van der Waals surface area contributed by atoms with E-state index in [0.29, 0.717) is 5.56 Å². The van der Waals surface area contributed by atoms with Gasteiger partial charge in [-0.3, -0.25) is 4.79 Å². The maximum absolute atomic E-state index is 13.7. The van der Waals surface area contributed by atoms with Gasteiger partial charge in [-0.2, -0.15) is 0 Å². The Morgan fingerprint density at radius 2 is 1.77 bits per heavy atom. The van der Waals surface area contributed by atoms with Crippen LogP contribution in [0.25, 0.3) is 0 Å². The van der Waals surface area contributed by atoms with E-state index in [4.69, 9.17) is 0 Å². The van der Waals surface area contributed by atoms with Crippen molar-refractivity contribution in [2.24, 2.45) is 0 Å². The van der Waals surface area contributed by atoms with Gasteiger partial charge in [0, 0.05) is 18.7 Å². The molecule has 3 rings (SSSR count). The predicted octanol–water partition coefficient (Wildman–Crippen LogP) is 2.67. The second kappa shape index (κ2) is 4.94. The summed E-state index contributed by atoms with van der Waals surface area (Å²) in [5, 5.41) is 19.1. The smallest absolute Gasteiger partial charge is 0.258 e. The summed E-state index contributed by atoms with van der Waals surface area (Å²) in [7, 11) is 0. The Hall–Kier alpha value is -2.70. The van der Waals surface area contributed by atoms with Gasteiger partial charge in [-0.05, 0) is 17.7 Å². The zero-order chi connectivity index (χ0) is 16.0. The average molecular weight is 309 g/mol. The molecular weight excluding hydrogens is 299 g/mol. The van der Waals surface area contributed by atoms with Crippen LogP contribution in [0.15, 0.2) is 24.3 Å². The van der Waals surface area contributed by atoms with E-state index in [1.165, 1.54) is 17.0 Å². The number of amides is 1. The SMILES string of the molecule is O=C1c2c(ccc(O)c2O)CN1Cc1ccc(F)c(F)c1F. The molecule has 0 fully saturated rings. The van der Waals surface area contributed by atoms with Gasteiger partial charge in [-0.1, -0.05) is 12.1 Å². The third-order valence-corrected chi connectivity index (χ3v) is 3.58. The summed E-state index contributed by atoms with van der Waals surface area (Å²) in [5.74, 6) is -5.85. The molecular formula is C15H10F3NO3. The molecule has 2 aromatic carbocycles. The lowest BCUT2D eigenvalue weighted by molar-refractivity contribution is 0.0762. The first-order valence-corrected chi connectivity index (χ1v) is 6.35. The van der Waals surface area contributed by atoms with Gasteiger partial charge in [0.15, 0.2) is 29.0 Å². The first-order chi connectivity index (χ1) is 10.4. The van der Waals surface area contributed by atoms with Crippen LogP contribution in [-0.4, -0.2) is 21.0 Å². The van der Waals surface area contributed by atoms with E-state index >= 15 is 0 Å². The summed E-state index contributed by atoms with van der Waals surface area (Å²) < 4.78 is 39.8. The molecule has 0 radical (unpaired) electrons. The monoisotopic (exact) mass is 309 g/mol. The number of hydrogen-bond donors (Lipinski definition) is 2. The molecule has 0 unspecified atom stereocenters. The summed E-state index contributed by atoms with van der Waals surface area (Å²) in [6.07, 6.45) is 0. The van der Waals surface area contributed by atoms with Crippen molar-refractivity contribution in [1.82, 2.24) is 4.90 Å². The Balaban J connectivity index is 1.92. The molecule has 1 heterocycles. The lowest BCUT2D eigenvalue weighted by Gasteiger charge is -2.16. The topological polar surface area (TPSA) is 60.8 Å². The van der Waals surface area contributed by atoms with Gasteiger partial charge in [-0.25, -0.2) is 13.2 Å². The van der Waals surface area contributed by atoms with Gasteiger partial charge < -0.3 is 15.1 Å². The predicted molar refractivity (Wildman–Crippen MR) is 69.7 cm³/mol. The second-order valence-corrected chi connectivity index (χ2v) is 4.96. The number of phenols is 2. The van der Waals surface area contributed by atoms with Crippen LogP contribution in [0, 0.1) is 17.5 Å². The number of fused-ring (bicyclic) bond motifs is 1. The highest BCUT2D eigenvalue weighted by molar-refractivity contribution is 6.01. The minimum atomic E-state index is -1.60. The molecule has 2 N–H and O–H groups in total. The molecule has 2 aromatic rings. The molecule has 0 spiro atoms. The first kappa shape index (κ1) is 14.2. The number of halogens is 3. The maximum Gasteiger partial charge on any atom is 0.258 e. The average Bonchev–Trinajstić information content (AvgIpc) is 2.81. The normalized spacial score (nSPS) is 13.6. The molecule has 1 aliphatic rings. The standard InChI is InChI=1S/C15H10F3NO3/c16-9-3-1-8(12(17)13(9)18)6-19-5-7-2-4-10(20)14(21)11(7)15(19)22/h1-4,20-21H,5-6H2. The van der Waals surface area contributed by atoms with Gasteiger partial charge in [-0.15, -0.1) is 0 Å². The molecule has 0 bridgehead atoms. The van der Waals surface area contributed by atoms with Crippen molar-refractivity contribution in [3.05, 3.63) is 58.4 Å². The van der Waals surface area contributed by atoms with E-state index in [1.807, 2.05) is 0 Å². The van der Waals surface area contributed by atoms with Crippen molar-refractivity contribution in [2.75, 3.05) is 0 Å². The van der Waals surface area contributed by atoms with Gasteiger partial charge in [0.1, 0.15) is 0 Å². The van der Waals surface area contributed by atoms with Crippen LogP contribution in [0.1, 0.15) is 21.5 Å². The summed E-state index contributed by atoms with van der Waals surface area (Å²) >= 11 is 0. The summed E-state index contributed by atoms with van der Waals surface area (Å²) in [5.41, 5.74) is 0.218. The molecule has 0 atom stereocenters. The van der Waals surface area contributed by atoms with Crippen molar-refractivity contribution >= 4 is 5.91 Å². The van der Waals surface area contributed by atoms with E-state index in [9.17, 15) is 28.2 Å². The lowest BCUT2D eigenvalue weighted by Crippen LogP contribution is -2.24. The maximum atomic E-state index is 13.7. The van der Waals surface area contributed by atoms with Crippen LogP contribution in [0.2, 0.25) is 0 Å². The zero-order valence-corrected chi connectivity index (χ0v) is 11.1. The van der Waals surface area contributed by atoms with Gasteiger partial charge >= 0.3 is 0 Å². The van der Waals surface area contributed by atoms with Crippen LogP contribution in [0.3, 0.4) is 0 Å². The molecule has 1 amide bonds. The van der Waals surface area contributed by atoms with E-state index in [1.54, 1.807) is 0 Å². The van der Waals surface area contributed by atoms with E-state index in [2.05, 4.69) is 0 Å². The highest BCUT2D eigenvalue weighted by Gasteiger charge is 2.32. The van der Waals surface area contributed by atoms with Crippen molar-refractivity contribution in [1.29, 1.82) is 0 Å². The van der Waals surface area contributed by atoms with Crippen molar-refractivity contribution < 1.29 is 28.2 Å². The van der Waals surface area contributed by atoms with Crippen molar-refractivity contribution in [3.8, 4) is 11.5 Å². The molecule has 7 heteroatoms. The summed E-state index contributed by atoms with van der Waals surface area (Å²) in [6, 6.07) is 4.54. The molecule has 0 aromatic heterocycles. The number of aromatic hydroxyl groups is 2. The Bertz CT molecular complexity index is 792. The van der Waals surface area contributed by atoms with Crippen LogP contribution >= 0.6 is 0 Å². The highest BCUT2D eigenvalue weighted by Crippen LogP contribution is 2.37. The Kier molecular flexibility index (Phi) is 3.20. The zero-order valence-electron chi connectivity index (χ0n) is 11.1. The summed E-state index contributed by atoms with van der Waals surface area (Å²) in [6.45, 7) is -0.211. The van der Waals surface area contributed by atoms with E-state index in [-0.39, 0.29) is 24.2 Å². The number of rotatable bonds is 2. The Labute approximate surface area is 123 Å².